The first-order valence-electron chi connectivity index (χ1n) is 6.57. The Balaban J connectivity index is 1.63. The van der Waals surface area contributed by atoms with E-state index in [1.807, 2.05) is 11.8 Å². The molecule has 2 heterocycles. The Labute approximate surface area is 121 Å². The third-order valence-corrected chi connectivity index (χ3v) is 5.68. The Morgan fingerprint density at radius 3 is 2.89 bits per heavy atom. The Morgan fingerprint density at radius 2 is 2.28 bits per heavy atom. The number of nitrogens with one attached hydrogen (secondary N) is 1. The molecule has 3 rings (SSSR count). The van der Waals surface area contributed by atoms with Crippen molar-refractivity contribution in [2.45, 2.75) is 35.4 Å². The van der Waals surface area contributed by atoms with Gasteiger partial charge in [-0.25, -0.2) is 0 Å². The number of halogens is 1. The number of hydrogen-bond acceptors (Lipinski definition) is 3. The molecule has 0 bridgehead atoms. The Bertz CT molecular complexity index is 416. The standard InChI is InChI=1S/C14H18BrNOS/c15-13-7-10(6-11-2-1-5-16-11)3-4-14(13)18-12-8-17-9-12/h3-4,7,11-12,16H,1-2,5-6,8-9H2. The predicted molar refractivity (Wildman–Crippen MR) is 79.3 cm³/mol. The molecule has 1 aromatic carbocycles. The highest BCUT2D eigenvalue weighted by molar-refractivity contribution is 9.10. The van der Waals surface area contributed by atoms with Crippen LogP contribution in [0.1, 0.15) is 18.4 Å². The molecule has 2 aliphatic rings. The van der Waals surface area contributed by atoms with Crippen LogP contribution in [0, 0.1) is 0 Å². The van der Waals surface area contributed by atoms with Gasteiger partial charge in [0.15, 0.2) is 0 Å². The van der Waals surface area contributed by atoms with Gasteiger partial charge in [0, 0.05) is 15.4 Å². The van der Waals surface area contributed by atoms with Gasteiger partial charge < -0.3 is 10.1 Å². The van der Waals surface area contributed by atoms with Crippen molar-refractivity contribution in [1.82, 2.24) is 5.32 Å². The molecule has 2 aliphatic heterocycles. The third-order valence-electron chi connectivity index (χ3n) is 3.54. The molecule has 1 N–H and O–H groups in total. The first kappa shape index (κ1) is 13.0. The second-order valence-electron chi connectivity index (χ2n) is 5.04. The first-order valence-corrected chi connectivity index (χ1v) is 8.25. The van der Waals surface area contributed by atoms with E-state index in [-0.39, 0.29) is 0 Å². The fourth-order valence-electron chi connectivity index (χ4n) is 2.44. The van der Waals surface area contributed by atoms with Gasteiger partial charge in [-0.1, -0.05) is 6.07 Å². The molecule has 0 saturated carbocycles. The minimum atomic E-state index is 0.642. The molecule has 18 heavy (non-hydrogen) atoms. The number of benzene rings is 1. The average molecular weight is 328 g/mol. The van der Waals surface area contributed by atoms with Gasteiger partial charge in [0.2, 0.25) is 0 Å². The summed E-state index contributed by atoms with van der Waals surface area (Å²) < 4.78 is 6.45. The summed E-state index contributed by atoms with van der Waals surface area (Å²) in [4.78, 5) is 1.34. The Hall–Kier alpha value is -0.0300. The minimum absolute atomic E-state index is 0.642. The number of hydrogen-bond donors (Lipinski definition) is 1. The van der Waals surface area contributed by atoms with Crippen LogP contribution in [-0.2, 0) is 11.2 Å². The topological polar surface area (TPSA) is 21.3 Å². The van der Waals surface area contributed by atoms with Crippen LogP contribution in [0.15, 0.2) is 27.6 Å². The molecular formula is C14H18BrNOS. The molecular weight excluding hydrogens is 310 g/mol. The van der Waals surface area contributed by atoms with Crippen molar-refractivity contribution in [2.24, 2.45) is 0 Å². The smallest absolute Gasteiger partial charge is 0.0611 e. The number of thioether (sulfide) groups is 1. The SMILES string of the molecule is Brc1cc(CC2CCCN2)ccc1SC1COC1. The van der Waals surface area contributed by atoms with Gasteiger partial charge in [-0.3, -0.25) is 0 Å². The van der Waals surface area contributed by atoms with E-state index in [1.54, 1.807) is 0 Å². The van der Waals surface area contributed by atoms with E-state index >= 15 is 0 Å². The van der Waals surface area contributed by atoms with Crippen LogP contribution in [0.4, 0.5) is 0 Å². The zero-order valence-corrected chi connectivity index (χ0v) is 12.7. The van der Waals surface area contributed by atoms with E-state index in [9.17, 15) is 0 Å². The van der Waals surface area contributed by atoms with Crippen molar-refractivity contribution in [3.8, 4) is 0 Å². The van der Waals surface area contributed by atoms with Gasteiger partial charge in [0.25, 0.3) is 0 Å². The maximum atomic E-state index is 5.21. The lowest BCUT2D eigenvalue weighted by molar-refractivity contribution is 0.0455. The molecule has 2 nitrogen and oxygen atoms in total. The van der Waals surface area contributed by atoms with Gasteiger partial charge in [-0.05, 0) is 59.4 Å². The van der Waals surface area contributed by atoms with E-state index in [0.717, 1.165) is 19.6 Å². The molecule has 0 radical (unpaired) electrons. The van der Waals surface area contributed by atoms with Crippen LogP contribution < -0.4 is 5.32 Å². The molecule has 1 atom stereocenters. The first-order chi connectivity index (χ1) is 8.81. The quantitative estimate of drug-likeness (QED) is 0.917. The molecule has 2 fully saturated rings. The van der Waals surface area contributed by atoms with Crippen molar-refractivity contribution in [2.75, 3.05) is 19.8 Å². The van der Waals surface area contributed by atoms with Gasteiger partial charge >= 0.3 is 0 Å². The number of rotatable bonds is 4. The summed E-state index contributed by atoms with van der Waals surface area (Å²) in [6.07, 6.45) is 3.78. The molecule has 2 saturated heterocycles. The van der Waals surface area contributed by atoms with Crippen molar-refractivity contribution < 1.29 is 4.74 Å². The summed E-state index contributed by atoms with van der Waals surface area (Å²) in [6.45, 7) is 2.97. The van der Waals surface area contributed by atoms with Crippen LogP contribution in [0.3, 0.4) is 0 Å². The summed E-state index contributed by atoms with van der Waals surface area (Å²) in [5.41, 5.74) is 1.43. The van der Waals surface area contributed by atoms with Gasteiger partial charge in [-0.15, -0.1) is 11.8 Å². The third kappa shape index (κ3) is 3.10. The van der Waals surface area contributed by atoms with E-state index in [1.165, 1.54) is 34.3 Å². The predicted octanol–water partition coefficient (Wildman–Crippen LogP) is 3.23. The van der Waals surface area contributed by atoms with Crippen molar-refractivity contribution in [3.63, 3.8) is 0 Å². The summed E-state index contributed by atoms with van der Waals surface area (Å²) in [6, 6.07) is 7.47. The lowest BCUT2D eigenvalue weighted by Crippen LogP contribution is -2.30. The summed E-state index contributed by atoms with van der Waals surface area (Å²) >= 11 is 5.62. The minimum Gasteiger partial charge on any atom is -0.379 e. The molecule has 0 amide bonds. The van der Waals surface area contributed by atoms with Gasteiger partial charge in [0.1, 0.15) is 0 Å². The molecule has 98 valence electrons. The number of ether oxygens (including phenoxy) is 1. The molecule has 0 spiro atoms. The maximum absolute atomic E-state index is 5.21. The molecule has 4 heteroatoms. The van der Waals surface area contributed by atoms with Crippen LogP contribution in [-0.4, -0.2) is 31.1 Å². The molecule has 0 aromatic heterocycles. The summed E-state index contributed by atoms with van der Waals surface area (Å²) in [5, 5.41) is 4.19. The molecule has 1 aromatic rings. The van der Waals surface area contributed by atoms with Crippen LogP contribution >= 0.6 is 27.7 Å². The summed E-state index contributed by atoms with van der Waals surface area (Å²) in [7, 11) is 0. The van der Waals surface area contributed by atoms with Crippen molar-refractivity contribution >= 4 is 27.7 Å². The lowest BCUT2D eigenvalue weighted by atomic mass is 10.1. The zero-order valence-electron chi connectivity index (χ0n) is 10.3. The zero-order chi connectivity index (χ0) is 12.4. The highest BCUT2D eigenvalue weighted by atomic mass is 79.9. The highest BCUT2D eigenvalue weighted by Gasteiger charge is 2.21. The second-order valence-corrected chi connectivity index (χ2v) is 7.24. The van der Waals surface area contributed by atoms with Crippen LogP contribution in [0.25, 0.3) is 0 Å². The highest BCUT2D eigenvalue weighted by Crippen LogP contribution is 2.34. The van der Waals surface area contributed by atoms with E-state index in [2.05, 4.69) is 39.4 Å². The summed E-state index contributed by atoms with van der Waals surface area (Å²) in [5.74, 6) is 0. The van der Waals surface area contributed by atoms with Gasteiger partial charge in [0.05, 0.1) is 18.5 Å². The van der Waals surface area contributed by atoms with Crippen molar-refractivity contribution in [1.29, 1.82) is 0 Å². The average Bonchev–Trinajstić information content (AvgIpc) is 2.78. The fourth-order valence-corrected chi connectivity index (χ4v) is 4.16. The second kappa shape index (κ2) is 5.95. The van der Waals surface area contributed by atoms with Gasteiger partial charge in [-0.2, -0.15) is 0 Å². The van der Waals surface area contributed by atoms with E-state index in [0.29, 0.717) is 11.3 Å². The monoisotopic (exact) mass is 327 g/mol. The Morgan fingerprint density at radius 1 is 1.39 bits per heavy atom. The largest absolute Gasteiger partial charge is 0.379 e. The lowest BCUT2D eigenvalue weighted by Gasteiger charge is -2.25. The molecule has 0 aliphatic carbocycles. The van der Waals surface area contributed by atoms with E-state index in [4.69, 9.17) is 4.74 Å². The molecule has 1 unspecified atom stereocenters. The normalized spacial score (nSPS) is 24.2. The van der Waals surface area contributed by atoms with Crippen LogP contribution in [0.2, 0.25) is 0 Å². The van der Waals surface area contributed by atoms with Crippen LogP contribution in [0.5, 0.6) is 0 Å². The maximum Gasteiger partial charge on any atom is 0.0611 e. The fraction of sp³-hybridized carbons (Fsp3) is 0.571. The Kier molecular flexibility index (Phi) is 4.29. The van der Waals surface area contributed by atoms with Crippen molar-refractivity contribution in [3.05, 3.63) is 28.2 Å². The van der Waals surface area contributed by atoms with E-state index < -0.39 is 0 Å².